The van der Waals surface area contributed by atoms with Gasteiger partial charge in [0.2, 0.25) is 0 Å². The van der Waals surface area contributed by atoms with Crippen LogP contribution in [0.25, 0.3) is 22.6 Å². The number of nitrogens with zero attached hydrogens (tertiary/aromatic N) is 4. The van der Waals surface area contributed by atoms with Crippen molar-refractivity contribution in [1.29, 1.82) is 0 Å². The van der Waals surface area contributed by atoms with Gasteiger partial charge in [0.1, 0.15) is 12.1 Å². The van der Waals surface area contributed by atoms with Gasteiger partial charge in [-0.2, -0.15) is 0 Å². The van der Waals surface area contributed by atoms with E-state index in [0.717, 1.165) is 42.2 Å². The molecule has 0 radical (unpaired) electrons. The molecule has 0 spiro atoms. The lowest BCUT2D eigenvalue weighted by Gasteiger charge is -2.15. The molecule has 0 aliphatic carbocycles. The van der Waals surface area contributed by atoms with E-state index in [1.54, 1.807) is 18.3 Å². The number of nitrogens with one attached hydrogen (secondary N) is 1. The fraction of sp³-hybridized carbons (Fsp3) is 0.235. The van der Waals surface area contributed by atoms with Crippen molar-refractivity contribution in [3.63, 3.8) is 0 Å². The molecule has 1 aromatic carbocycles. The average Bonchev–Trinajstić information content (AvgIpc) is 3.25. The number of rotatable bonds is 3. The predicted molar refractivity (Wildman–Crippen MR) is 85.2 cm³/mol. The molecule has 0 amide bonds. The third-order valence-corrected chi connectivity index (χ3v) is 4.16. The van der Waals surface area contributed by atoms with Crippen LogP contribution >= 0.6 is 0 Å². The van der Waals surface area contributed by atoms with Gasteiger partial charge in [0.15, 0.2) is 0 Å². The van der Waals surface area contributed by atoms with Gasteiger partial charge in [-0.1, -0.05) is 0 Å². The van der Waals surface area contributed by atoms with Gasteiger partial charge in [-0.25, -0.2) is 19.3 Å². The lowest BCUT2D eigenvalue weighted by atomic mass is 10.1. The van der Waals surface area contributed by atoms with Crippen molar-refractivity contribution in [2.75, 3.05) is 13.1 Å². The summed E-state index contributed by atoms with van der Waals surface area (Å²) in [5.41, 5.74) is 3.47. The molecule has 1 saturated heterocycles. The van der Waals surface area contributed by atoms with Gasteiger partial charge in [-0.05, 0) is 43.3 Å². The molecule has 1 fully saturated rings. The quantitative estimate of drug-likeness (QED) is 0.808. The summed E-state index contributed by atoms with van der Waals surface area (Å²) >= 11 is 0. The number of hydrogen-bond donors (Lipinski definition) is 1. The maximum absolute atomic E-state index is 13.2. The van der Waals surface area contributed by atoms with E-state index in [0.29, 0.717) is 6.04 Å². The van der Waals surface area contributed by atoms with Gasteiger partial charge in [0.05, 0.1) is 23.4 Å². The zero-order chi connectivity index (χ0) is 15.6. The number of imidazole rings is 1. The first-order valence-corrected chi connectivity index (χ1v) is 7.63. The molecule has 4 rings (SSSR count). The number of halogens is 1. The Balaban J connectivity index is 1.87. The first kappa shape index (κ1) is 14.0. The Bertz CT molecular complexity index is 792. The van der Waals surface area contributed by atoms with Gasteiger partial charge in [0.25, 0.3) is 0 Å². The van der Waals surface area contributed by atoms with E-state index in [-0.39, 0.29) is 5.82 Å². The van der Waals surface area contributed by atoms with Gasteiger partial charge in [-0.3, -0.25) is 0 Å². The van der Waals surface area contributed by atoms with Crippen LogP contribution in [-0.4, -0.2) is 32.6 Å². The lowest BCUT2D eigenvalue weighted by molar-refractivity contribution is 0.551. The Kier molecular flexibility index (Phi) is 3.59. The zero-order valence-corrected chi connectivity index (χ0v) is 12.5. The molecule has 116 valence electrons. The third kappa shape index (κ3) is 2.61. The Labute approximate surface area is 133 Å². The molecular weight excluding hydrogens is 293 g/mol. The molecular formula is C17H16FN5. The van der Waals surface area contributed by atoms with Gasteiger partial charge in [-0.15, -0.1) is 0 Å². The summed E-state index contributed by atoms with van der Waals surface area (Å²) in [5.74, 6) is -0.253. The molecule has 6 heteroatoms. The molecule has 1 aliphatic heterocycles. The highest BCUT2D eigenvalue weighted by Crippen LogP contribution is 2.33. The molecule has 0 unspecified atom stereocenters. The molecule has 2 aromatic heterocycles. The maximum atomic E-state index is 13.2. The topological polar surface area (TPSA) is 55.6 Å². The molecule has 0 saturated carbocycles. The molecule has 0 bridgehead atoms. The maximum Gasteiger partial charge on any atom is 0.123 e. The van der Waals surface area contributed by atoms with Crippen LogP contribution in [0.2, 0.25) is 0 Å². The third-order valence-electron chi connectivity index (χ3n) is 4.16. The predicted octanol–water partition coefficient (Wildman–Crippen LogP) is 2.68. The lowest BCUT2D eigenvalue weighted by Crippen LogP contribution is -2.13. The Hall–Kier alpha value is -2.60. The standard InChI is InChI=1S/C17H16FN5/c18-13-3-1-12(2-4-13)16-17(15-6-8-20-10-21-15)23(11-22-16)14-5-7-19-9-14/h1-4,6,8,10-11,14,19H,5,7,9H2/t14-/m0/s1. The highest BCUT2D eigenvalue weighted by Gasteiger charge is 2.23. The monoisotopic (exact) mass is 309 g/mol. The van der Waals surface area contributed by atoms with E-state index in [9.17, 15) is 4.39 Å². The summed E-state index contributed by atoms with van der Waals surface area (Å²) in [6.45, 7) is 1.91. The fourth-order valence-electron chi connectivity index (χ4n) is 3.02. The van der Waals surface area contributed by atoms with E-state index >= 15 is 0 Å². The van der Waals surface area contributed by atoms with Crippen molar-refractivity contribution < 1.29 is 4.39 Å². The van der Waals surface area contributed by atoms with Crippen LogP contribution < -0.4 is 5.32 Å². The van der Waals surface area contributed by atoms with Gasteiger partial charge in [0, 0.05) is 24.3 Å². The normalized spacial score (nSPS) is 17.5. The number of benzene rings is 1. The molecule has 3 aromatic rings. The summed E-state index contributed by atoms with van der Waals surface area (Å²) in [6.07, 6.45) is 6.17. The minimum absolute atomic E-state index is 0.253. The van der Waals surface area contributed by atoms with Crippen molar-refractivity contribution in [2.45, 2.75) is 12.5 Å². The van der Waals surface area contributed by atoms with E-state index in [4.69, 9.17) is 0 Å². The van der Waals surface area contributed by atoms with E-state index in [1.807, 2.05) is 12.4 Å². The van der Waals surface area contributed by atoms with E-state index in [2.05, 4.69) is 24.8 Å². The molecule has 23 heavy (non-hydrogen) atoms. The van der Waals surface area contributed by atoms with Crippen molar-refractivity contribution >= 4 is 0 Å². The fourth-order valence-corrected chi connectivity index (χ4v) is 3.02. The second-order valence-corrected chi connectivity index (χ2v) is 5.60. The van der Waals surface area contributed by atoms with E-state index < -0.39 is 0 Å². The van der Waals surface area contributed by atoms with E-state index in [1.165, 1.54) is 18.5 Å². The Morgan fingerprint density at radius 2 is 2.00 bits per heavy atom. The van der Waals surface area contributed by atoms with Crippen LogP contribution in [0, 0.1) is 5.82 Å². The highest BCUT2D eigenvalue weighted by atomic mass is 19.1. The first-order chi connectivity index (χ1) is 11.3. The first-order valence-electron chi connectivity index (χ1n) is 7.63. The van der Waals surface area contributed by atoms with Crippen molar-refractivity contribution in [2.24, 2.45) is 0 Å². The summed E-state index contributed by atoms with van der Waals surface area (Å²) in [5, 5.41) is 3.38. The van der Waals surface area contributed by atoms with Crippen LogP contribution in [0.4, 0.5) is 4.39 Å². The highest BCUT2D eigenvalue weighted by molar-refractivity contribution is 5.76. The van der Waals surface area contributed by atoms with Crippen molar-refractivity contribution in [3.05, 3.63) is 55.0 Å². The van der Waals surface area contributed by atoms with Crippen LogP contribution in [0.5, 0.6) is 0 Å². The summed E-state index contributed by atoms with van der Waals surface area (Å²) in [6, 6.07) is 8.63. The van der Waals surface area contributed by atoms with Crippen molar-refractivity contribution in [1.82, 2.24) is 24.8 Å². The van der Waals surface area contributed by atoms with Gasteiger partial charge >= 0.3 is 0 Å². The van der Waals surface area contributed by atoms with Crippen LogP contribution in [-0.2, 0) is 0 Å². The largest absolute Gasteiger partial charge is 0.324 e. The molecule has 1 atom stereocenters. The SMILES string of the molecule is Fc1ccc(-c2ncn([C@H]3CCNC3)c2-c2ccncn2)cc1. The second kappa shape index (κ2) is 5.89. The van der Waals surface area contributed by atoms with Crippen molar-refractivity contribution in [3.8, 4) is 22.6 Å². The zero-order valence-electron chi connectivity index (χ0n) is 12.5. The van der Waals surface area contributed by atoms with Gasteiger partial charge < -0.3 is 9.88 Å². The van der Waals surface area contributed by atoms with Crippen LogP contribution in [0.3, 0.4) is 0 Å². The average molecular weight is 309 g/mol. The Morgan fingerprint density at radius 1 is 1.13 bits per heavy atom. The van der Waals surface area contributed by atoms with Crippen LogP contribution in [0.1, 0.15) is 12.5 Å². The minimum Gasteiger partial charge on any atom is -0.324 e. The minimum atomic E-state index is -0.253. The molecule has 1 N–H and O–H groups in total. The molecule has 1 aliphatic rings. The second-order valence-electron chi connectivity index (χ2n) is 5.60. The summed E-state index contributed by atoms with van der Waals surface area (Å²) < 4.78 is 15.4. The Morgan fingerprint density at radius 3 is 2.70 bits per heavy atom. The number of aromatic nitrogens is 4. The molecule has 5 nitrogen and oxygen atoms in total. The number of hydrogen-bond acceptors (Lipinski definition) is 4. The molecule has 3 heterocycles. The summed E-state index contributed by atoms with van der Waals surface area (Å²) in [7, 11) is 0. The summed E-state index contributed by atoms with van der Waals surface area (Å²) in [4.78, 5) is 13.0. The van der Waals surface area contributed by atoms with Crippen LogP contribution in [0.15, 0.2) is 49.2 Å². The smallest absolute Gasteiger partial charge is 0.123 e.